The van der Waals surface area contributed by atoms with E-state index in [0.29, 0.717) is 17.9 Å². The molecule has 2 rings (SSSR count). The zero-order chi connectivity index (χ0) is 13.1. The predicted octanol–water partition coefficient (Wildman–Crippen LogP) is 4.39. The lowest BCUT2D eigenvalue weighted by molar-refractivity contribution is 0.0964. The predicted molar refractivity (Wildman–Crippen MR) is 75.3 cm³/mol. The molecule has 100 valence electrons. The van der Waals surface area contributed by atoms with Gasteiger partial charge >= 0.3 is 0 Å². The van der Waals surface area contributed by atoms with E-state index < -0.39 is 0 Å². The van der Waals surface area contributed by atoms with Crippen LogP contribution in [0.1, 0.15) is 49.4 Å². The highest BCUT2D eigenvalue weighted by Gasteiger charge is 2.24. The summed E-state index contributed by atoms with van der Waals surface area (Å²) in [6.45, 7) is 6.35. The lowest BCUT2D eigenvalue weighted by Crippen LogP contribution is -2.29. The van der Waals surface area contributed by atoms with Gasteiger partial charge < -0.3 is 4.74 Å². The summed E-state index contributed by atoms with van der Waals surface area (Å²) in [6, 6.07) is 2.06. The molecule has 1 fully saturated rings. The number of nitrogens with zero attached hydrogens (tertiary/aromatic N) is 1. The van der Waals surface area contributed by atoms with E-state index in [1.165, 1.54) is 24.8 Å². The van der Waals surface area contributed by atoms with E-state index >= 15 is 0 Å². The Hall–Kier alpha value is -0.760. The molecule has 1 heterocycles. The first-order valence-electron chi connectivity index (χ1n) is 6.81. The highest BCUT2D eigenvalue weighted by atomic mass is 35.5. The molecular weight excluding hydrogens is 246 g/mol. The molecule has 0 saturated heterocycles. The van der Waals surface area contributed by atoms with Gasteiger partial charge in [-0.3, -0.25) is 0 Å². The minimum atomic E-state index is 0.300. The van der Waals surface area contributed by atoms with Gasteiger partial charge in [-0.25, -0.2) is 4.98 Å². The molecule has 2 atom stereocenters. The summed E-state index contributed by atoms with van der Waals surface area (Å²) in [5.41, 5.74) is 3.22. The standard InChI is InChI=1S/C15H22ClNO/c1-10-6-4-5-7-14(10)18-15-13(9-16)11(2)8-12(3)17-15/h8,10,14H,4-7,9H2,1-3H3. The van der Waals surface area contributed by atoms with Crippen LogP contribution in [0.5, 0.6) is 5.88 Å². The Morgan fingerprint density at radius 2 is 2.06 bits per heavy atom. The lowest BCUT2D eigenvalue weighted by Gasteiger charge is -2.29. The van der Waals surface area contributed by atoms with Crippen LogP contribution in [0.2, 0.25) is 0 Å². The van der Waals surface area contributed by atoms with Crippen molar-refractivity contribution in [3.05, 3.63) is 22.9 Å². The number of hydrogen-bond donors (Lipinski definition) is 0. The van der Waals surface area contributed by atoms with Gasteiger partial charge in [0, 0.05) is 11.3 Å². The third-order valence-corrected chi connectivity index (χ3v) is 4.13. The highest BCUT2D eigenvalue weighted by molar-refractivity contribution is 6.17. The van der Waals surface area contributed by atoms with Crippen molar-refractivity contribution in [3.8, 4) is 5.88 Å². The summed E-state index contributed by atoms with van der Waals surface area (Å²) >= 11 is 6.02. The monoisotopic (exact) mass is 267 g/mol. The van der Waals surface area contributed by atoms with E-state index in [2.05, 4.69) is 24.9 Å². The highest BCUT2D eigenvalue weighted by Crippen LogP contribution is 2.30. The number of halogens is 1. The molecule has 2 nitrogen and oxygen atoms in total. The van der Waals surface area contributed by atoms with Gasteiger partial charge in [0.2, 0.25) is 5.88 Å². The summed E-state index contributed by atoms with van der Waals surface area (Å²) in [6.07, 6.45) is 5.28. The number of pyridine rings is 1. The fourth-order valence-corrected chi connectivity index (χ4v) is 3.01. The van der Waals surface area contributed by atoms with Gasteiger partial charge in [0.1, 0.15) is 6.10 Å². The molecule has 0 amide bonds. The van der Waals surface area contributed by atoms with Crippen LogP contribution in [0.4, 0.5) is 0 Å². The van der Waals surface area contributed by atoms with E-state index in [1.807, 2.05) is 6.92 Å². The van der Waals surface area contributed by atoms with Crippen LogP contribution in [0.3, 0.4) is 0 Å². The third-order valence-electron chi connectivity index (χ3n) is 3.87. The Morgan fingerprint density at radius 3 is 2.72 bits per heavy atom. The summed E-state index contributed by atoms with van der Waals surface area (Å²) in [5.74, 6) is 1.83. The molecule has 1 aliphatic rings. The SMILES string of the molecule is Cc1cc(C)c(CCl)c(OC2CCCCC2C)n1. The van der Waals surface area contributed by atoms with Crippen LogP contribution in [0, 0.1) is 19.8 Å². The molecule has 1 aromatic rings. The van der Waals surface area contributed by atoms with Crippen molar-refractivity contribution >= 4 is 11.6 Å². The second kappa shape index (κ2) is 5.92. The minimum absolute atomic E-state index is 0.300. The molecule has 1 saturated carbocycles. The number of alkyl halides is 1. The number of aromatic nitrogens is 1. The average molecular weight is 268 g/mol. The van der Waals surface area contributed by atoms with Gasteiger partial charge in [0.05, 0.1) is 5.88 Å². The zero-order valence-electron chi connectivity index (χ0n) is 11.5. The van der Waals surface area contributed by atoms with Gasteiger partial charge in [0.15, 0.2) is 0 Å². The molecular formula is C15H22ClNO. The maximum absolute atomic E-state index is 6.16. The first kappa shape index (κ1) is 13.7. The van der Waals surface area contributed by atoms with E-state index in [1.54, 1.807) is 0 Å². The molecule has 1 aromatic heterocycles. The van der Waals surface area contributed by atoms with Crippen LogP contribution in [0.25, 0.3) is 0 Å². The van der Waals surface area contributed by atoms with Gasteiger partial charge in [-0.05, 0) is 50.7 Å². The molecule has 0 bridgehead atoms. The van der Waals surface area contributed by atoms with Gasteiger partial charge in [0.25, 0.3) is 0 Å². The van der Waals surface area contributed by atoms with Crippen molar-refractivity contribution in [2.45, 2.75) is 58.4 Å². The smallest absolute Gasteiger partial charge is 0.218 e. The Labute approximate surface area is 115 Å². The molecule has 0 aromatic carbocycles. The maximum atomic E-state index is 6.16. The maximum Gasteiger partial charge on any atom is 0.218 e. The van der Waals surface area contributed by atoms with Crippen LogP contribution < -0.4 is 4.74 Å². The fourth-order valence-electron chi connectivity index (χ4n) is 2.69. The van der Waals surface area contributed by atoms with Crippen LogP contribution in [-0.2, 0) is 5.88 Å². The van der Waals surface area contributed by atoms with E-state index in [4.69, 9.17) is 16.3 Å². The zero-order valence-corrected chi connectivity index (χ0v) is 12.3. The lowest BCUT2D eigenvalue weighted by atomic mass is 9.88. The minimum Gasteiger partial charge on any atom is -0.474 e. The Morgan fingerprint density at radius 1 is 1.33 bits per heavy atom. The van der Waals surface area contributed by atoms with Crippen molar-refractivity contribution in [1.29, 1.82) is 0 Å². The second-order valence-electron chi connectivity index (χ2n) is 5.42. The molecule has 0 spiro atoms. The van der Waals surface area contributed by atoms with Gasteiger partial charge in [-0.1, -0.05) is 13.3 Å². The largest absolute Gasteiger partial charge is 0.474 e. The van der Waals surface area contributed by atoms with Crippen molar-refractivity contribution in [2.75, 3.05) is 0 Å². The number of ether oxygens (including phenoxy) is 1. The van der Waals surface area contributed by atoms with Gasteiger partial charge in [-0.2, -0.15) is 0 Å². The first-order valence-corrected chi connectivity index (χ1v) is 7.35. The summed E-state index contributed by atoms with van der Waals surface area (Å²) < 4.78 is 6.16. The van der Waals surface area contributed by atoms with Crippen LogP contribution in [0.15, 0.2) is 6.07 Å². The first-order chi connectivity index (χ1) is 8.61. The van der Waals surface area contributed by atoms with E-state index in [9.17, 15) is 0 Å². The molecule has 0 radical (unpaired) electrons. The van der Waals surface area contributed by atoms with Gasteiger partial charge in [-0.15, -0.1) is 11.6 Å². The van der Waals surface area contributed by atoms with Crippen molar-refractivity contribution < 1.29 is 4.74 Å². The van der Waals surface area contributed by atoms with Crippen LogP contribution in [-0.4, -0.2) is 11.1 Å². The Kier molecular flexibility index (Phi) is 4.50. The quantitative estimate of drug-likeness (QED) is 0.758. The summed E-state index contributed by atoms with van der Waals surface area (Å²) in [7, 11) is 0. The average Bonchev–Trinajstić information content (AvgIpc) is 2.31. The van der Waals surface area contributed by atoms with E-state index in [-0.39, 0.29) is 0 Å². The molecule has 2 unspecified atom stereocenters. The number of aryl methyl sites for hydroxylation is 2. The molecule has 0 aliphatic heterocycles. The van der Waals surface area contributed by atoms with Crippen molar-refractivity contribution in [3.63, 3.8) is 0 Å². The summed E-state index contributed by atoms with van der Waals surface area (Å²) in [4.78, 5) is 4.53. The number of hydrogen-bond acceptors (Lipinski definition) is 2. The van der Waals surface area contributed by atoms with Crippen molar-refractivity contribution in [2.24, 2.45) is 5.92 Å². The molecule has 1 aliphatic carbocycles. The normalized spacial score (nSPS) is 24.0. The topological polar surface area (TPSA) is 22.1 Å². The number of rotatable bonds is 3. The van der Waals surface area contributed by atoms with Crippen LogP contribution >= 0.6 is 11.6 Å². The third kappa shape index (κ3) is 2.97. The van der Waals surface area contributed by atoms with Crippen molar-refractivity contribution in [1.82, 2.24) is 4.98 Å². The molecule has 0 N–H and O–H groups in total. The fraction of sp³-hybridized carbons (Fsp3) is 0.667. The molecule has 3 heteroatoms. The Balaban J connectivity index is 2.22. The summed E-state index contributed by atoms with van der Waals surface area (Å²) in [5, 5.41) is 0. The molecule has 18 heavy (non-hydrogen) atoms. The second-order valence-corrected chi connectivity index (χ2v) is 5.68. The van der Waals surface area contributed by atoms with E-state index in [0.717, 1.165) is 23.6 Å². The Bertz CT molecular complexity index is 419.